The van der Waals surface area contributed by atoms with Crippen LogP contribution in [0.25, 0.3) is 0 Å². The third-order valence-corrected chi connectivity index (χ3v) is 3.76. The molecule has 1 amide bonds. The van der Waals surface area contributed by atoms with Gasteiger partial charge >= 0.3 is 0 Å². The average molecular weight is 263 g/mol. The van der Waals surface area contributed by atoms with E-state index in [1.54, 1.807) is 18.5 Å². The van der Waals surface area contributed by atoms with Gasteiger partial charge in [0.1, 0.15) is 0 Å². The third-order valence-electron chi connectivity index (χ3n) is 3.76. The molecule has 0 aliphatic carbocycles. The molecule has 6 nitrogen and oxygen atoms in total. The maximum absolute atomic E-state index is 12.2. The Bertz CT molecular complexity index is 450. The standard InChI is InChI=1S/C13H21N5O/c1-9-7-10(4-6-18(9)2)16-13(19)11-3-5-15-8-12(11)17-14/h3,5,8-10,17H,4,6-7,14H2,1-2H3,(H,16,19). The van der Waals surface area contributed by atoms with Crippen molar-refractivity contribution < 1.29 is 4.79 Å². The first kappa shape index (κ1) is 13.8. The molecule has 2 unspecified atom stereocenters. The molecule has 1 aromatic rings. The number of anilines is 1. The summed E-state index contributed by atoms with van der Waals surface area (Å²) in [5, 5.41) is 3.07. The fraction of sp³-hybridized carbons (Fsp3) is 0.538. The lowest BCUT2D eigenvalue weighted by Gasteiger charge is -2.35. The highest BCUT2D eigenvalue weighted by molar-refractivity contribution is 5.99. The van der Waals surface area contributed by atoms with E-state index in [9.17, 15) is 4.79 Å². The molecule has 2 heterocycles. The number of hydrogen-bond donors (Lipinski definition) is 3. The highest BCUT2D eigenvalue weighted by Gasteiger charge is 2.24. The second-order valence-electron chi connectivity index (χ2n) is 5.09. The number of carbonyl (C=O) groups is 1. The number of carbonyl (C=O) groups excluding carboxylic acids is 1. The van der Waals surface area contributed by atoms with Gasteiger partial charge in [-0.3, -0.25) is 15.6 Å². The first-order chi connectivity index (χ1) is 9.11. The van der Waals surface area contributed by atoms with Crippen LogP contribution in [0.5, 0.6) is 0 Å². The molecule has 104 valence electrons. The van der Waals surface area contributed by atoms with Crippen molar-refractivity contribution in [1.82, 2.24) is 15.2 Å². The Morgan fingerprint density at radius 3 is 3.05 bits per heavy atom. The molecule has 6 heteroatoms. The zero-order chi connectivity index (χ0) is 13.8. The summed E-state index contributed by atoms with van der Waals surface area (Å²) in [6.07, 6.45) is 5.08. The first-order valence-corrected chi connectivity index (χ1v) is 6.53. The number of likely N-dealkylation sites (tertiary alicyclic amines) is 1. The lowest BCUT2D eigenvalue weighted by atomic mass is 9.98. The van der Waals surface area contributed by atoms with E-state index in [2.05, 4.69) is 34.6 Å². The van der Waals surface area contributed by atoms with Crippen molar-refractivity contribution in [2.45, 2.75) is 31.8 Å². The van der Waals surface area contributed by atoms with Crippen molar-refractivity contribution in [3.63, 3.8) is 0 Å². The zero-order valence-electron chi connectivity index (χ0n) is 11.4. The van der Waals surface area contributed by atoms with Crippen molar-refractivity contribution in [2.75, 3.05) is 19.0 Å². The fourth-order valence-corrected chi connectivity index (χ4v) is 2.39. The van der Waals surface area contributed by atoms with Crippen molar-refractivity contribution in [1.29, 1.82) is 0 Å². The van der Waals surface area contributed by atoms with Gasteiger partial charge in [0.15, 0.2) is 0 Å². The molecule has 1 fully saturated rings. The molecule has 19 heavy (non-hydrogen) atoms. The topological polar surface area (TPSA) is 83.3 Å². The summed E-state index contributed by atoms with van der Waals surface area (Å²) in [6, 6.07) is 2.38. The minimum Gasteiger partial charge on any atom is -0.349 e. The first-order valence-electron chi connectivity index (χ1n) is 6.53. The number of aromatic nitrogens is 1. The van der Waals surface area contributed by atoms with Crippen LogP contribution in [-0.4, -0.2) is 41.5 Å². The Hall–Kier alpha value is -1.66. The lowest BCUT2D eigenvalue weighted by molar-refractivity contribution is 0.0897. The van der Waals surface area contributed by atoms with Gasteiger partial charge in [-0.25, -0.2) is 0 Å². The van der Waals surface area contributed by atoms with Gasteiger partial charge in [0.25, 0.3) is 5.91 Å². The molecule has 1 aliphatic rings. The van der Waals surface area contributed by atoms with Crippen LogP contribution in [0.1, 0.15) is 30.1 Å². The lowest BCUT2D eigenvalue weighted by Crippen LogP contribution is -2.47. The molecule has 1 aliphatic heterocycles. The number of hydrogen-bond acceptors (Lipinski definition) is 5. The van der Waals surface area contributed by atoms with Crippen LogP contribution < -0.4 is 16.6 Å². The molecule has 2 rings (SSSR count). The summed E-state index contributed by atoms with van der Waals surface area (Å²) in [7, 11) is 2.11. The normalized spacial score (nSPS) is 23.9. The van der Waals surface area contributed by atoms with Crippen LogP contribution in [0.3, 0.4) is 0 Å². The van der Waals surface area contributed by atoms with Crippen molar-refractivity contribution >= 4 is 11.6 Å². The fourth-order valence-electron chi connectivity index (χ4n) is 2.39. The molecule has 0 aromatic carbocycles. The summed E-state index contributed by atoms with van der Waals surface area (Å²) in [5.74, 6) is 5.29. The Morgan fingerprint density at radius 1 is 1.58 bits per heavy atom. The predicted molar refractivity (Wildman–Crippen MR) is 74.6 cm³/mol. The molecule has 1 aromatic heterocycles. The highest BCUT2D eigenvalue weighted by atomic mass is 16.1. The molecule has 0 bridgehead atoms. The van der Waals surface area contributed by atoms with Gasteiger partial charge in [0.05, 0.1) is 17.4 Å². The molecular weight excluding hydrogens is 242 g/mol. The van der Waals surface area contributed by atoms with Gasteiger partial charge in [-0.05, 0) is 32.9 Å². The summed E-state index contributed by atoms with van der Waals surface area (Å²) in [5.41, 5.74) is 3.57. The number of nitrogens with zero attached hydrogens (tertiary/aromatic N) is 2. The quantitative estimate of drug-likeness (QED) is 0.549. The van der Waals surface area contributed by atoms with E-state index in [-0.39, 0.29) is 11.9 Å². The number of rotatable bonds is 3. The second kappa shape index (κ2) is 5.99. The number of nitrogens with two attached hydrogens (primary N) is 1. The Morgan fingerprint density at radius 2 is 2.37 bits per heavy atom. The third kappa shape index (κ3) is 3.21. The number of nitrogen functional groups attached to an aromatic ring is 1. The molecule has 0 radical (unpaired) electrons. The van der Waals surface area contributed by atoms with Crippen molar-refractivity contribution in [3.05, 3.63) is 24.0 Å². The van der Waals surface area contributed by atoms with E-state index >= 15 is 0 Å². The number of amides is 1. The van der Waals surface area contributed by atoms with Gasteiger partial charge in [-0.15, -0.1) is 0 Å². The molecule has 2 atom stereocenters. The SMILES string of the molecule is CC1CC(NC(=O)c2ccncc2NN)CCN1C. The number of pyridine rings is 1. The summed E-state index contributed by atoms with van der Waals surface area (Å²) >= 11 is 0. The maximum atomic E-state index is 12.2. The van der Waals surface area contributed by atoms with E-state index in [0.29, 0.717) is 17.3 Å². The van der Waals surface area contributed by atoms with Gasteiger partial charge < -0.3 is 15.6 Å². The van der Waals surface area contributed by atoms with Crippen LogP contribution in [0.15, 0.2) is 18.5 Å². The second-order valence-corrected chi connectivity index (χ2v) is 5.09. The minimum atomic E-state index is -0.0999. The van der Waals surface area contributed by atoms with Gasteiger partial charge in [0.2, 0.25) is 0 Å². The smallest absolute Gasteiger partial charge is 0.253 e. The van der Waals surface area contributed by atoms with Gasteiger partial charge in [-0.2, -0.15) is 0 Å². The maximum Gasteiger partial charge on any atom is 0.253 e. The predicted octanol–water partition coefficient (Wildman–Crippen LogP) is 0.580. The summed E-state index contributed by atoms with van der Waals surface area (Å²) in [4.78, 5) is 18.5. The molecule has 0 saturated carbocycles. The summed E-state index contributed by atoms with van der Waals surface area (Å²) in [6.45, 7) is 3.18. The number of nitrogens with one attached hydrogen (secondary N) is 2. The monoisotopic (exact) mass is 263 g/mol. The van der Waals surface area contributed by atoms with E-state index in [4.69, 9.17) is 5.84 Å². The van der Waals surface area contributed by atoms with Crippen molar-refractivity contribution in [2.24, 2.45) is 5.84 Å². The number of hydrazine groups is 1. The molecule has 1 saturated heterocycles. The van der Waals surface area contributed by atoms with E-state index < -0.39 is 0 Å². The molecule has 4 N–H and O–H groups in total. The van der Waals surface area contributed by atoms with E-state index in [0.717, 1.165) is 19.4 Å². The van der Waals surface area contributed by atoms with Crippen LogP contribution in [-0.2, 0) is 0 Å². The highest BCUT2D eigenvalue weighted by Crippen LogP contribution is 2.17. The van der Waals surface area contributed by atoms with Crippen molar-refractivity contribution in [3.8, 4) is 0 Å². The minimum absolute atomic E-state index is 0.0999. The molecule has 0 spiro atoms. The molecular formula is C13H21N5O. The van der Waals surface area contributed by atoms with E-state index in [1.807, 2.05) is 0 Å². The van der Waals surface area contributed by atoms with Crippen LogP contribution in [0, 0.1) is 0 Å². The Kier molecular flexibility index (Phi) is 4.34. The Labute approximate surface area is 113 Å². The van der Waals surface area contributed by atoms with Gasteiger partial charge in [-0.1, -0.05) is 0 Å². The zero-order valence-corrected chi connectivity index (χ0v) is 11.4. The number of piperidine rings is 1. The van der Waals surface area contributed by atoms with Gasteiger partial charge in [0, 0.05) is 24.8 Å². The Balaban J connectivity index is 2.01. The van der Waals surface area contributed by atoms with Crippen LogP contribution in [0.2, 0.25) is 0 Å². The van der Waals surface area contributed by atoms with Crippen LogP contribution >= 0.6 is 0 Å². The summed E-state index contributed by atoms with van der Waals surface area (Å²) < 4.78 is 0. The van der Waals surface area contributed by atoms with E-state index in [1.165, 1.54) is 0 Å². The largest absolute Gasteiger partial charge is 0.349 e. The average Bonchev–Trinajstić information content (AvgIpc) is 2.43. The van der Waals surface area contributed by atoms with Crippen LogP contribution in [0.4, 0.5) is 5.69 Å².